The number of benzene rings is 2. The van der Waals surface area contributed by atoms with Crippen molar-refractivity contribution in [3.05, 3.63) is 58.6 Å². The third-order valence-corrected chi connectivity index (χ3v) is 4.74. The third-order valence-electron chi connectivity index (χ3n) is 4.51. The summed E-state index contributed by atoms with van der Waals surface area (Å²) in [5, 5.41) is 3.36. The molecular formula is C22H24ClNO5. The Kier molecular flexibility index (Phi) is 6.99. The van der Waals surface area contributed by atoms with Crippen LogP contribution in [0.4, 0.5) is 0 Å². The number of esters is 1. The van der Waals surface area contributed by atoms with Crippen molar-refractivity contribution in [2.24, 2.45) is 5.92 Å². The van der Waals surface area contributed by atoms with Crippen LogP contribution >= 0.6 is 11.6 Å². The van der Waals surface area contributed by atoms with Gasteiger partial charge in [0.2, 0.25) is 0 Å². The normalized spacial score (nSPS) is 14.1. The highest BCUT2D eigenvalue weighted by Crippen LogP contribution is 2.34. The molecule has 0 aliphatic carbocycles. The SMILES string of the molecule is CC(C)[C@H](NC(=O)COC(=O)c1cccc(Cl)c1)c1ccc2c(c1)OCCCO2. The second-order valence-electron chi connectivity index (χ2n) is 7.13. The van der Waals surface area contributed by atoms with Crippen molar-refractivity contribution in [3.63, 3.8) is 0 Å². The lowest BCUT2D eigenvalue weighted by molar-refractivity contribution is -0.125. The number of halogens is 1. The standard InChI is InChI=1S/C22H24ClNO5/c1-14(2)21(15-7-8-18-19(12-15)28-10-4-9-27-18)24-20(25)13-29-22(26)16-5-3-6-17(23)11-16/h3,5-8,11-12,14,21H,4,9-10,13H2,1-2H3,(H,24,25)/t21-/m0/s1. The Morgan fingerprint density at radius 2 is 1.86 bits per heavy atom. The van der Waals surface area contributed by atoms with Crippen molar-refractivity contribution in [1.82, 2.24) is 5.32 Å². The molecule has 0 radical (unpaired) electrons. The first-order chi connectivity index (χ1) is 13.9. The molecule has 0 fully saturated rings. The summed E-state index contributed by atoms with van der Waals surface area (Å²) in [4.78, 5) is 24.5. The molecule has 0 spiro atoms. The zero-order valence-corrected chi connectivity index (χ0v) is 17.2. The smallest absolute Gasteiger partial charge is 0.338 e. The van der Waals surface area contributed by atoms with Crippen molar-refractivity contribution in [3.8, 4) is 11.5 Å². The van der Waals surface area contributed by atoms with Gasteiger partial charge in [-0.1, -0.05) is 37.6 Å². The van der Waals surface area contributed by atoms with Crippen molar-refractivity contribution >= 4 is 23.5 Å². The maximum absolute atomic E-state index is 12.4. The van der Waals surface area contributed by atoms with Gasteiger partial charge in [-0.05, 0) is 41.8 Å². The summed E-state index contributed by atoms with van der Waals surface area (Å²) in [7, 11) is 0. The van der Waals surface area contributed by atoms with E-state index in [1.165, 1.54) is 6.07 Å². The number of rotatable bonds is 6. The fraction of sp³-hybridized carbons (Fsp3) is 0.364. The van der Waals surface area contributed by atoms with Crippen molar-refractivity contribution < 1.29 is 23.8 Å². The van der Waals surface area contributed by atoms with Crippen LogP contribution in [-0.2, 0) is 9.53 Å². The number of fused-ring (bicyclic) bond motifs is 1. The van der Waals surface area contributed by atoms with E-state index < -0.39 is 5.97 Å². The number of ether oxygens (including phenoxy) is 3. The summed E-state index contributed by atoms with van der Waals surface area (Å²) in [5.74, 6) is 0.515. The van der Waals surface area contributed by atoms with E-state index in [-0.39, 0.29) is 24.5 Å². The molecule has 0 unspecified atom stereocenters. The van der Waals surface area contributed by atoms with E-state index in [4.69, 9.17) is 25.8 Å². The average molecular weight is 418 g/mol. The molecule has 7 heteroatoms. The predicted molar refractivity (Wildman–Crippen MR) is 110 cm³/mol. The van der Waals surface area contributed by atoms with Crippen LogP contribution < -0.4 is 14.8 Å². The first kappa shape index (κ1) is 21.0. The van der Waals surface area contributed by atoms with Gasteiger partial charge >= 0.3 is 5.97 Å². The summed E-state index contributed by atoms with van der Waals surface area (Å²) in [6, 6.07) is 11.8. The molecule has 1 amide bonds. The molecule has 1 aliphatic rings. The summed E-state index contributed by atoms with van der Waals surface area (Å²) < 4.78 is 16.5. The third kappa shape index (κ3) is 5.64. The Morgan fingerprint density at radius 3 is 2.59 bits per heavy atom. The van der Waals surface area contributed by atoms with Crippen LogP contribution in [0.3, 0.4) is 0 Å². The summed E-state index contributed by atoms with van der Waals surface area (Å²) >= 11 is 5.88. The monoisotopic (exact) mass is 417 g/mol. The highest BCUT2D eigenvalue weighted by molar-refractivity contribution is 6.30. The number of amides is 1. The quantitative estimate of drug-likeness (QED) is 0.714. The maximum atomic E-state index is 12.4. The summed E-state index contributed by atoms with van der Waals surface area (Å²) in [6.07, 6.45) is 0.826. The van der Waals surface area contributed by atoms with E-state index >= 15 is 0 Å². The molecule has 3 rings (SSSR count). The fourth-order valence-corrected chi connectivity index (χ4v) is 3.24. The fourth-order valence-electron chi connectivity index (χ4n) is 3.05. The summed E-state index contributed by atoms with van der Waals surface area (Å²) in [6.45, 7) is 4.85. The molecule has 0 saturated heterocycles. The largest absolute Gasteiger partial charge is 0.490 e. The van der Waals surface area contributed by atoms with E-state index in [1.54, 1.807) is 18.2 Å². The molecule has 2 aromatic carbocycles. The number of carbonyl (C=O) groups excluding carboxylic acids is 2. The van der Waals surface area contributed by atoms with Gasteiger partial charge in [-0.3, -0.25) is 4.79 Å². The van der Waals surface area contributed by atoms with E-state index in [2.05, 4.69) is 5.32 Å². The van der Waals surface area contributed by atoms with Crippen LogP contribution in [0.5, 0.6) is 11.5 Å². The van der Waals surface area contributed by atoms with Crippen molar-refractivity contribution in [2.45, 2.75) is 26.3 Å². The number of carbonyl (C=O) groups is 2. The molecule has 0 aromatic heterocycles. The van der Waals surface area contributed by atoms with Gasteiger partial charge in [-0.25, -0.2) is 4.79 Å². The zero-order chi connectivity index (χ0) is 20.8. The topological polar surface area (TPSA) is 73.9 Å². The lowest BCUT2D eigenvalue weighted by Gasteiger charge is -2.23. The maximum Gasteiger partial charge on any atom is 0.338 e. The zero-order valence-electron chi connectivity index (χ0n) is 16.4. The lowest BCUT2D eigenvalue weighted by Crippen LogP contribution is -2.35. The number of hydrogen-bond acceptors (Lipinski definition) is 5. The highest BCUT2D eigenvalue weighted by Gasteiger charge is 2.22. The van der Waals surface area contributed by atoms with E-state index in [1.807, 2.05) is 32.0 Å². The van der Waals surface area contributed by atoms with Crippen molar-refractivity contribution in [1.29, 1.82) is 0 Å². The molecule has 1 aliphatic heterocycles. The molecule has 0 bridgehead atoms. The highest BCUT2D eigenvalue weighted by atomic mass is 35.5. The van der Waals surface area contributed by atoms with Crippen LogP contribution in [0.2, 0.25) is 5.02 Å². The first-order valence-corrected chi connectivity index (χ1v) is 9.93. The molecular weight excluding hydrogens is 394 g/mol. The van der Waals surface area contributed by atoms with Crippen LogP contribution in [-0.4, -0.2) is 31.7 Å². The Labute approximate surface area is 175 Å². The minimum atomic E-state index is -0.598. The minimum Gasteiger partial charge on any atom is -0.490 e. The van der Waals surface area contributed by atoms with E-state index in [0.717, 1.165) is 12.0 Å². The Hall–Kier alpha value is -2.73. The molecule has 0 saturated carbocycles. The van der Waals surface area contributed by atoms with E-state index in [0.29, 0.717) is 35.3 Å². The summed E-state index contributed by atoms with van der Waals surface area (Å²) in [5.41, 5.74) is 1.20. The Balaban J connectivity index is 1.63. The molecule has 1 atom stereocenters. The molecule has 6 nitrogen and oxygen atoms in total. The average Bonchev–Trinajstić information content (AvgIpc) is 2.94. The second kappa shape index (κ2) is 9.65. The van der Waals surface area contributed by atoms with Crippen LogP contribution in [0.25, 0.3) is 0 Å². The number of nitrogens with one attached hydrogen (secondary N) is 1. The first-order valence-electron chi connectivity index (χ1n) is 9.55. The predicted octanol–water partition coefficient (Wildman–Crippen LogP) is 4.17. The van der Waals surface area contributed by atoms with Gasteiger partial charge in [-0.2, -0.15) is 0 Å². The molecule has 1 heterocycles. The molecule has 2 aromatic rings. The van der Waals surface area contributed by atoms with Gasteiger partial charge < -0.3 is 19.5 Å². The number of hydrogen-bond donors (Lipinski definition) is 1. The van der Waals surface area contributed by atoms with Crippen LogP contribution in [0.1, 0.15) is 42.2 Å². The second-order valence-corrected chi connectivity index (χ2v) is 7.57. The molecule has 29 heavy (non-hydrogen) atoms. The van der Waals surface area contributed by atoms with Gasteiger partial charge in [0, 0.05) is 11.4 Å². The Bertz CT molecular complexity index is 883. The van der Waals surface area contributed by atoms with Gasteiger partial charge in [-0.15, -0.1) is 0 Å². The molecule has 1 N–H and O–H groups in total. The van der Waals surface area contributed by atoms with Crippen LogP contribution in [0.15, 0.2) is 42.5 Å². The van der Waals surface area contributed by atoms with Gasteiger partial charge in [0.15, 0.2) is 18.1 Å². The van der Waals surface area contributed by atoms with E-state index in [9.17, 15) is 9.59 Å². The van der Waals surface area contributed by atoms with Gasteiger partial charge in [0.25, 0.3) is 5.91 Å². The van der Waals surface area contributed by atoms with Crippen LogP contribution in [0, 0.1) is 5.92 Å². The van der Waals surface area contributed by atoms with Crippen molar-refractivity contribution in [2.75, 3.05) is 19.8 Å². The van der Waals surface area contributed by atoms with Gasteiger partial charge in [0.05, 0.1) is 24.8 Å². The lowest BCUT2D eigenvalue weighted by atomic mass is 9.95. The van der Waals surface area contributed by atoms with Gasteiger partial charge in [0.1, 0.15) is 0 Å². The Morgan fingerprint density at radius 1 is 1.10 bits per heavy atom. The molecule has 154 valence electrons. The minimum absolute atomic E-state index is 0.118.